The van der Waals surface area contributed by atoms with E-state index in [1.807, 2.05) is 12.1 Å². The van der Waals surface area contributed by atoms with Crippen LogP contribution in [0.2, 0.25) is 0 Å². The van der Waals surface area contributed by atoms with Crippen LogP contribution in [-0.2, 0) is 22.0 Å². The lowest BCUT2D eigenvalue weighted by Crippen LogP contribution is -2.31. The molecule has 0 radical (unpaired) electrons. The molecule has 7 nitrogen and oxygen atoms in total. The van der Waals surface area contributed by atoms with Gasteiger partial charge in [0.1, 0.15) is 0 Å². The fourth-order valence-electron chi connectivity index (χ4n) is 2.95. The monoisotopic (exact) mass is 363 g/mol. The van der Waals surface area contributed by atoms with Crippen LogP contribution in [0.15, 0.2) is 18.2 Å². The van der Waals surface area contributed by atoms with Crippen molar-refractivity contribution >= 4 is 15.2 Å². The van der Waals surface area contributed by atoms with Crippen molar-refractivity contribution in [2.24, 2.45) is 0 Å². The summed E-state index contributed by atoms with van der Waals surface area (Å²) in [4.78, 5) is 36.9. The highest BCUT2D eigenvalue weighted by Gasteiger charge is 2.45. The van der Waals surface area contributed by atoms with E-state index < -0.39 is 26.8 Å². The van der Waals surface area contributed by atoms with E-state index in [-0.39, 0.29) is 0 Å². The zero-order chi connectivity index (χ0) is 17.3. The van der Waals surface area contributed by atoms with Gasteiger partial charge in [0, 0.05) is 6.04 Å². The van der Waals surface area contributed by atoms with E-state index in [1.165, 1.54) is 5.56 Å². The lowest BCUT2D eigenvalue weighted by molar-refractivity contribution is 0.320. The second kappa shape index (κ2) is 7.16. The molecule has 0 bridgehead atoms. The molecule has 1 unspecified atom stereocenters. The lowest BCUT2D eigenvalue weighted by atomic mass is 10.0. The molecule has 23 heavy (non-hydrogen) atoms. The highest BCUT2D eigenvalue weighted by Crippen LogP contribution is 2.59. The zero-order valence-electron chi connectivity index (χ0n) is 12.9. The van der Waals surface area contributed by atoms with Crippen molar-refractivity contribution in [1.29, 1.82) is 0 Å². The minimum Gasteiger partial charge on any atom is -0.323 e. The molecule has 0 heterocycles. The van der Waals surface area contributed by atoms with Gasteiger partial charge in [0.05, 0.1) is 0 Å². The van der Waals surface area contributed by atoms with Crippen molar-refractivity contribution in [3.63, 3.8) is 0 Å². The summed E-state index contributed by atoms with van der Waals surface area (Å²) in [6.07, 6.45) is 4.47. The van der Waals surface area contributed by atoms with E-state index >= 15 is 0 Å². The third-order valence-corrected chi connectivity index (χ3v) is 7.47. The average Bonchev–Trinajstić information content (AvgIpc) is 2.82. The number of unbranched alkanes of at least 4 members (excludes halogenated alkanes) is 1. The third-order valence-electron chi connectivity index (χ3n) is 4.09. The van der Waals surface area contributed by atoms with Gasteiger partial charge in [-0.15, -0.1) is 0 Å². The Morgan fingerprint density at radius 3 is 2.43 bits per heavy atom. The van der Waals surface area contributed by atoms with Gasteiger partial charge in [-0.25, -0.2) is 0 Å². The minimum absolute atomic E-state index is 0.463. The topological polar surface area (TPSA) is 127 Å². The first-order valence-electron chi connectivity index (χ1n) is 7.61. The van der Waals surface area contributed by atoms with Crippen LogP contribution in [0.25, 0.3) is 0 Å². The van der Waals surface area contributed by atoms with Crippen LogP contribution < -0.4 is 5.32 Å². The number of hydrogen-bond acceptors (Lipinski definition) is 3. The molecule has 0 aliphatic heterocycles. The summed E-state index contributed by atoms with van der Waals surface area (Å²) in [5, 5.41) is 2.49. The first-order chi connectivity index (χ1) is 10.6. The number of hydrogen-bond donors (Lipinski definition) is 5. The Bertz CT molecular complexity index is 631. The fourth-order valence-corrected chi connectivity index (χ4v) is 5.27. The van der Waals surface area contributed by atoms with Gasteiger partial charge in [0.25, 0.3) is 0 Å². The van der Waals surface area contributed by atoms with Gasteiger partial charge in [-0.05, 0) is 42.4 Å². The summed E-state index contributed by atoms with van der Waals surface area (Å²) in [5.74, 6) is 0. The Kier molecular flexibility index (Phi) is 5.85. The maximum atomic E-state index is 11.4. The maximum Gasteiger partial charge on any atom is 0.354 e. The summed E-state index contributed by atoms with van der Waals surface area (Å²) in [5.41, 5.74) is 0.988. The Labute approximate surface area is 135 Å². The van der Waals surface area contributed by atoms with E-state index in [0.29, 0.717) is 6.42 Å². The molecule has 0 saturated carbocycles. The lowest BCUT2D eigenvalue weighted by Gasteiger charge is -2.25. The summed E-state index contributed by atoms with van der Waals surface area (Å²) < 4.78 is 22.8. The molecule has 130 valence electrons. The molecule has 0 spiro atoms. The van der Waals surface area contributed by atoms with Gasteiger partial charge in [-0.3, -0.25) is 14.4 Å². The molecule has 1 aromatic carbocycles. The van der Waals surface area contributed by atoms with Crippen LogP contribution in [0.5, 0.6) is 0 Å². The van der Waals surface area contributed by atoms with E-state index in [0.717, 1.165) is 36.8 Å². The summed E-state index contributed by atoms with van der Waals surface area (Å²) in [6.45, 7) is 2.12. The molecule has 1 aliphatic carbocycles. The van der Waals surface area contributed by atoms with Crippen molar-refractivity contribution in [1.82, 2.24) is 5.32 Å². The van der Waals surface area contributed by atoms with Crippen molar-refractivity contribution in [3.8, 4) is 0 Å². The molecule has 0 fully saturated rings. The van der Waals surface area contributed by atoms with Crippen LogP contribution in [0.4, 0.5) is 0 Å². The van der Waals surface area contributed by atoms with Crippen molar-refractivity contribution < 1.29 is 28.7 Å². The van der Waals surface area contributed by atoms with Crippen LogP contribution in [-0.4, -0.2) is 25.1 Å². The van der Waals surface area contributed by atoms with Crippen LogP contribution >= 0.6 is 15.2 Å². The summed E-state index contributed by atoms with van der Waals surface area (Å²) in [6, 6.07) is 5.48. The van der Waals surface area contributed by atoms with Gasteiger partial charge < -0.3 is 19.6 Å². The highest BCUT2D eigenvalue weighted by molar-refractivity contribution is 7.70. The molecule has 0 saturated heterocycles. The van der Waals surface area contributed by atoms with Crippen LogP contribution in [0.3, 0.4) is 0 Å². The van der Waals surface area contributed by atoms with Gasteiger partial charge in [-0.1, -0.05) is 31.5 Å². The number of nitrogens with one attached hydrogen (secondary N) is 1. The molecular formula is C14H23NO6P2. The number of rotatable bonds is 7. The zero-order valence-corrected chi connectivity index (χ0v) is 14.7. The number of aryl methyl sites for hydroxylation is 2. The van der Waals surface area contributed by atoms with E-state index in [2.05, 4.69) is 18.3 Å². The Hall–Kier alpha value is -0.520. The number of benzene rings is 1. The van der Waals surface area contributed by atoms with Gasteiger partial charge in [0.2, 0.25) is 5.52 Å². The predicted molar refractivity (Wildman–Crippen MR) is 87.1 cm³/mol. The highest BCUT2D eigenvalue weighted by atomic mass is 31.2. The molecule has 1 aromatic rings. The van der Waals surface area contributed by atoms with E-state index in [9.17, 15) is 28.7 Å². The summed E-state index contributed by atoms with van der Waals surface area (Å²) in [7, 11) is -9.92. The van der Waals surface area contributed by atoms with Crippen LogP contribution in [0.1, 0.15) is 48.9 Å². The van der Waals surface area contributed by atoms with E-state index in [1.54, 1.807) is 0 Å². The SMILES string of the molecule is CCCCc1ccc2c(c1)CCC2NC(P(=O)(O)O)P(=O)(O)O. The fraction of sp³-hybridized carbons (Fsp3) is 0.571. The van der Waals surface area contributed by atoms with Crippen molar-refractivity contribution in [3.05, 3.63) is 34.9 Å². The second-order valence-electron chi connectivity index (χ2n) is 5.95. The van der Waals surface area contributed by atoms with Gasteiger partial charge in [0.15, 0.2) is 0 Å². The summed E-state index contributed by atoms with van der Waals surface area (Å²) >= 11 is 0. The predicted octanol–water partition coefficient (Wildman–Crippen LogP) is 2.25. The average molecular weight is 363 g/mol. The molecule has 2 rings (SSSR count). The minimum atomic E-state index is -4.96. The Morgan fingerprint density at radius 1 is 1.22 bits per heavy atom. The molecule has 5 N–H and O–H groups in total. The van der Waals surface area contributed by atoms with Gasteiger partial charge >= 0.3 is 15.2 Å². The molecule has 9 heteroatoms. The first-order valence-corrected chi connectivity index (χ1v) is 11.0. The second-order valence-corrected chi connectivity index (χ2v) is 9.74. The van der Waals surface area contributed by atoms with Crippen molar-refractivity contribution in [2.75, 3.05) is 0 Å². The largest absolute Gasteiger partial charge is 0.354 e. The smallest absolute Gasteiger partial charge is 0.323 e. The first kappa shape index (κ1) is 18.8. The molecular weight excluding hydrogens is 340 g/mol. The van der Waals surface area contributed by atoms with E-state index in [4.69, 9.17) is 0 Å². The number of fused-ring (bicyclic) bond motifs is 1. The molecule has 0 amide bonds. The quantitative estimate of drug-likeness (QED) is 0.470. The van der Waals surface area contributed by atoms with Crippen molar-refractivity contribution in [2.45, 2.75) is 50.6 Å². The van der Waals surface area contributed by atoms with Crippen LogP contribution in [0, 0.1) is 0 Å². The molecule has 1 aliphatic rings. The maximum absolute atomic E-state index is 11.4. The Morgan fingerprint density at radius 2 is 1.87 bits per heavy atom. The molecule has 0 aromatic heterocycles. The normalized spacial score (nSPS) is 18.4. The van der Waals surface area contributed by atoms with Gasteiger partial charge in [-0.2, -0.15) is 0 Å². The Balaban J connectivity index is 2.19. The standard InChI is InChI=1S/C14H23NO6P2/c1-2-3-4-10-5-7-12-11(9-10)6-8-13(12)15-14(22(16,17)18)23(19,20)21/h5,7,9,13-15H,2-4,6,8H2,1H3,(H2,16,17,18)(H2,19,20,21). The molecule has 1 atom stereocenters. The third kappa shape index (κ3) is 4.74.